The van der Waals surface area contributed by atoms with Gasteiger partial charge in [-0.2, -0.15) is 5.10 Å². The molecule has 1 aromatic carbocycles. The largest absolute Gasteiger partial charge is 0.399 e. The molecule has 0 atom stereocenters. The van der Waals surface area contributed by atoms with Gasteiger partial charge in [-0.25, -0.2) is 13.1 Å². The van der Waals surface area contributed by atoms with E-state index in [0.717, 1.165) is 11.3 Å². The van der Waals surface area contributed by atoms with Crippen molar-refractivity contribution in [3.8, 4) is 0 Å². The molecular formula is C12H15ClN4O2S. The molecule has 6 nitrogen and oxygen atoms in total. The molecule has 2 rings (SSSR count). The van der Waals surface area contributed by atoms with E-state index < -0.39 is 10.0 Å². The van der Waals surface area contributed by atoms with Crippen LogP contribution in [0.1, 0.15) is 11.3 Å². The van der Waals surface area contributed by atoms with Gasteiger partial charge in [0.25, 0.3) is 0 Å². The Hall–Kier alpha value is -1.57. The Bertz CT molecular complexity index is 740. The highest BCUT2D eigenvalue weighted by Gasteiger charge is 2.18. The topological polar surface area (TPSA) is 90.0 Å². The molecule has 20 heavy (non-hydrogen) atoms. The van der Waals surface area contributed by atoms with Gasteiger partial charge >= 0.3 is 0 Å². The highest BCUT2D eigenvalue weighted by molar-refractivity contribution is 7.89. The summed E-state index contributed by atoms with van der Waals surface area (Å²) in [5.74, 6) is 0. The second-order valence-corrected chi connectivity index (χ2v) is 6.57. The van der Waals surface area contributed by atoms with Crippen LogP contribution in [0.2, 0.25) is 5.02 Å². The molecular weight excluding hydrogens is 300 g/mol. The monoisotopic (exact) mass is 314 g/mol. The van der Waals surface area contributed by atoms with E-state index in [4.69, 9.17) is 17.3 Å². The molecule has 0 amide bonds. The summed E-state index contributed by atoms with van der Waals surface area (Å²) in [7, 11) is -1.94. The maximum Gasteiger partial charge on any atom is 0.242 e. The summed E-state index contributed by atoms with van der Waals surface area (Å²) in [6.45, 7) is 1.96. The highest BCUT2D eigenvalue weighted by Crippen LogP contribution is 2.23. The van der Waals surface area contributed by atoms with Gasteiger partial charge in [0.2, 0.25) is 10.0 Å². The van der Waals surface area contributed by atoms with Crippen molar-refractivity contribution in [3.05, 3.63) is 40.7 Å². The quantitative estimate of drug-likeness (QED) is 0.836. The maximum absolute atomic E-state index is 12.2. The average molecular weight is 315 g/mol. The fraction of sp³-hybridized carbons (Fsp3) is 0.250. The number of nitrogens with two attached hydrogens (primary N) is 1. The van der Waals surface area contributed by atoms with Crippen LogP contribution in [-0.2, 0) is 23.6 Å². The van der Waals surface area contributed by atoms with Crippen LogP contribution in [0.15, 0.2) is 29.3 Å². The minimum atomic E-state index is -3.72. The lowest BCUT2D eigenvalue weighted by atomic mass is 10.3. The van der Waals surface area contributed by atoms with Crippen LogP contribution < -0.4 is 10.5 Å². The van der Waals surface area contributed by atoms with Crippen LogP contribution in [-0.4, -0.2) is 18.2 Å². The minimum absolute atomic E-state index is 0.0271. The van der Waals surface area contributed by atoms with E-state index >= 15 is 0 Å². The fourth-order valence-electron chi connectivity index (χ4n) is 1.80. The van der Waals surface area contributed by atoms with E-state index in [0.29, 0.717) is 5.69 Å². The maximum atomic E-state index is 12.2. The Balaban J connectivity index is 2.23. The van der Waals surface area contributed by atoms with Crippen LogP contribution in [0.5, 0.6) is 0 Å². The summed E-state index contributed by atoms with van der Waals surface area (Å²) in [5, 5.41) is 4.29. The molecule has 0 radical (unpaired) electrons. The van der Waals surface area contributed by atoms with E-state index in [1.54, 1.807) is 24.0 Å². The molecule has 3 N–H and O–H groups in total. The number of sulfonamides is 1. The predicted octanol–water partition coefficient (Wildman–Crippen LogP) is 1.44. The Morgan fingerprint density at radius 2 is 2.15 bits per heavy atom. The lowest BCUT2D eigenvalue weighted by Crippen LogP contribution is -2.23. The molecule has 0 spiro atoms. The van der Waals surface area contributed by atoms with E-state index in [9.17, 15) is 8.42 Å². The summed E-state index contributed by atoms with van der Waals surface area (Å²) in [6, 6.07) is 4.34. The molecule has 0 fully saturated rings. The van der Waals surface area contributed by atoms with Gasteiger partial charge < -0.3 is 5.73 Å². The average Bonchev–Trinajstić information content (AvgIpc) is 2.68. The van der Waals surface area contributed by atoms with E-state index in [1.807, 2.05) is 6.92 Å². The number of rotatable bonds is 4. The number of aromatic nitrogens is 2. The van der Waals surface area contributed by atoms with Crippen molar-refractivity contribution >= 4 is 27.3 Å². The first kappa shape index (κ1) is 14.8. The SMILES string of the molecule is Cc1nn(C)cc1CNS(=O)(=O)c1cc(N)ccc1Cl. The van der Waals surface area contributed by atoms with Gasteiger partial charge in [0, 0.05) is 31.0 Å². The number of halogens is 1. The number of nitrogen functional groups attached to an aromatic ring is 1. The number of nitrogens with one attached hydrogen (secondary N) is 1. The number of anilines is 1. The van der Waals surface area contributed by atoms with Gasteiger partial charge in [0.1, 0.15) is 4.90 Å². The molecule has 0 aliphatic carbocycles. The molecule has 2 aromatic rings. The van der Waals surface area contributed by atoms with Crippen molar-refractivity contribution in [1.29, 1.82) is 0 Å². The Morgan fingerprint density at radius 3 is 2.75 bits per heavy atom. The van der Waals surface area contributed by atoms with Crippen molar-refractivity contribution in [1.82, 2.24) is 14.5 Å². The third kappa shape index (κ3) is 3.12. The molecule has 0 aliphatic rings. The Labute approximate surface area is 122 Å². The number of hydrogen-bond acceptors (Lipinski definition) is 4. The van der Waals surface area contributed by atoms with Gasteiger partial charge in [-0.15, -0.1) is 0 Å². The summed E-state index contributed by atoms with van der Waals surface area (Å²) < 4.78 is 28.6. The number of nitrogens with zero attached hydrogens (tertiary/aromatic N) is 2. The van der Waals surface area contributed by atoms with Crippen LogP contribution in [0.25, 0.3) is 0 Å². The zero-order valence-corrected chi connectivity index (χ0v) is 12.7. The zero-order valence-electron chi connectivity index (χ0n) is 11.1. The molecule has 0 saturated carbocycles. The van der Waals surface area contributed by atoms with Gasteiger partial charge in [0.15, 0.2) is 0 Å². The molecule has 0 aliphatic heterocycles. The van der Waals surface area contributed by atoms with Crippen LogP contribution >= 0.6 is 11.6 Å². The van der Waals surface area contributed by atoms with Crippen molar-refractivity contribution in [3.63, 3.8) is 0 Å². The Morgan fingerprint density at radius 1 is 1.45 bits per heavy atom. The lowest BCUT2D eigenvalue weighted by Gasteiger charge is -2.08. The highest BCUT2D eigenvalue weighted by atomic mass is 35.5. The van der Waals surface area contributed by atoms with Crippen molar-refractivity contribution in [2.24, 2.45) is 7.05 Å². The van der Waals surface area contributed by atoms with Crippen molar-refractivity contribution in [2.75, 3.05) is 5.73 Å². The van der Waals surface area contributed by atoms with Gasteiger partial charge in [0.05, 0.1) is 10.7 Å². The molecule has 8 heteroatoms. The van der Waals surface area contributed by atoms with Gasteiger partial charge in [-0.3, -0.25) is 4.68 Å². The molecule has 0 bridgehead atoms. The number of hydrogen-bond donors (Lipinski definition) is 2. The van der Waals surface area contributed by atoms with E-state index in [1.165, 1.54) is 12.1 Å². The van der Waals surface area contributed by atoms with Crippen molar-refractivity contribution in [2.45, 2.75) is 18.4 Å². The zero-order chi connectivity index (χ0) is 14.9. The summed E-state index contributed by atoms with van der Waals surface area (Å²) >= 11 is 5.91. The number of aryl methyl sites for hydroxylation is 2. The molecule has 108 valence electrons. The summed E-state index contributed by atoms with van der Waals surface area (Å²) in [6.07, 6.45) is 1.76. The third-order valence-electron chi connectivity index (χ3n) is 2.81. The second kappa shape index (κ2) is 5.43. The molecule has 1 aromatic heterocycles. The second-order valence-electron chi connectivity index (χ2n) is 4.43. The van der Waals surface area contributed by atoms with Crippen LogP contribution in [0.4, 0.5) is 5.69 Å². The molecule has 0 saturated heterocycles. The van der Waals surface area contributed by atoms with E-state index in [-0.39, 0.29) is 16.5 Å². The van der Waals surface area contributed by atoms with Gasteiger partial charge in [-0.1, -0.05) is 11.6 Å². The smallest absolute Gasteiger partial charge is 0.242 e. The van der Waals surface area contributed by atoms with Crippen LogP contribution in [0, 0.1) is 6.92 Å². The number of benzene rings is 1. The third-order valence-corrected chi connectivity index (χ3v) is 4.70. The van der Waals surface area contributed by atoms with E-state index in [2.05, 4.69) is 9.82 Å². The first-order valence-electron chi connectivity index (χ1n) is 5.83. The molecule has 1 heterocycles. The lowest BCUT2D eigenvalue weighted by molar-refractivity contribution is 0.581. The minimum Gasteiger partial charge on any atom is -0.399 e. The first-order chi connectivity index (χ1) is 9.29. The van der Waals surface area contributed by atoms with Crippen LogP contribution in [0.3, 0.4) is 0 Å². The van der Waals surface area contributed by atoms with Gasteiger partial charge in [-0.05, 0) is 25.1 Å². The summed E-state index contributed by atoms with van der Waals surface area (Å²) in [5.41, 5.74) is 7.51. The predicted molar refractivity (Wildman–Crippen MR) is 77.8 cm³/mol. The first-order valence-corrected chi connectivity index (χ1v) is 7.69. The van der Waals surface area contributed by atoms with Crippen molar-refractivity contribution < 1.29 is 8.42 Å². The summed E-state index contributed by atoms with van der Waals surface area (Å²) in [4.78, 5) is -0.0271. The fourth-order valence-corrected chi connectivity index (χ4v) is 3.34. The Kier molecular flexibility index (Phi) is 4.03. The normalized spacial score (nSPS) is 11.8. The standard InChI is InChI=1S/C12H15ClN4O2S/c1-8-9(7-17(2)16-8)6-15-20(18,19)12-5-10(14)3-4-11(12)13/h3-5,7,15H,6,14H2,1-2H3. The molecule has 0 unspecified atom stereocenters.